The van der Waals surface area contributed by atoms with Crippen molar-refractivity contribution in [3.63, 3.8) is 0 Å². The normalized spacial score (nSPS) is 26.2. The molecule has 3 atom stereocenters. The van der Waals surface area contributed by atoms with Crippen LogP contribution in [0.25, 0.3) is 0 Å². The minimum atomic E-state index is 0.291. The van der Waals surface area contributed by atoms with Gasteiger partial charge in [-0.3, -0.25) is 0 Å². The van der Waals surface area contributed by atoms with Gasteiger partial charge in [-0.05, 0) is 19.8 Å². The largest absolute Gasteiger partial charge is 0.396 e. The predicted octanol–water partition coefficient (Wildman–Crippen LogP) is 2.87. The summed E-state index contributed by atoms with van der Waals surface area (Å²) in [4.78, 5) is 0. The van der Waals surface area contributed by atoms with Crippen LogP contribution in [0.15, 0.2) is 12.2 Å². The summed E-state index contributed by atoms with van der Waals surface area (Å²) in [7, 11) is 0. The Kier molecular flexibility index (Phi) is 6.74. The molecule has 1 aliphatic rings. The third kappa shape index (κ3) is 5.13. The molecule has 0 heterocycles. The molecule has 0 aromatic carbocycles. The molecular weight excluding hydrogens is 198 g/mol. The van der Waals surface area contributed by atoms with Crippen LogP contribution in [0.1, 0.15) is 52.4 Å². The van der Waals surface area contributed by atoms with E-state index in [2.05, 4.69) is 31.3 Å². The molecule has 2 heteroatoms. The fourth-order valence-electron chi connectivity index (χ4n) is 2.36. The monoisotopic (exact) mass is 225 g/mol. The van der Waals surface area contributed by atoms with Gasteiger partial charge < -0.3 is 10.4 Å². The molecular formula is C14H27NO. The number of unbranched alkanes of at least 4 members (excludes halogenated alkanes) is 3. The topological polar surface area (TPSA) is 32.3 Å². The van der Waals surface area contributed by atoms with Crippen molar-refractivity contribution in [1.82, 2.24) is 5.32 Å². The molecule has 1 unspecified atom stereocenters. The van der Waals surface area contributed by atoms with E-state index in [4.69, 9.17) is 5.11 Å². The van der Waals surface area contributed by atoms with E-state index in [9.17, 15) is 0 Å². The average molecular weight is 225 g/mol. The van der Waals surface area contributed by atoms with Crippen LogP contribution >= 0.6 is 0 Å². The van der Waals surface area contributed by atoms with Gasteiger partial charge in [-0.15, -0.1) is 0 Å². The highest BCUT2D eigenvalue weighted by Crippen LogP contribution is 2.18. The number of hydrogen-bond acceptors (Lipinski definition) is 2. The van der Waals surface area contributed by atoms with E-state index in [1.807, 2.05) is 0 Å². The van der Waals surface area contributed by atoms with Crippen LogP contribution in [0.5, 0.6) is 0 Å². The maximum atomic E-state index is 9.04. The quantitative estimate of drug-likeness (QED) is 0.492. The van der Waals surface area contributed by atoms with Crippen LogP contribution < -0.4 is 5.32 Å². The summed E-state index contributed by atoms with van der Waals surface area (Å²) < 4.78 is 0. The van der Waals surface area contributed by atoms with Gasteiger partial charge in [0.05, 0.1) is 0 Å². The van der Waals surface area contributed by atoms with E-state index < -0.39 is 0 Å². The summed E-state index contributed by atoms with van der Waals surface area (Å²) >= 11 is 0. The van der Waals surface area contributed by atoms with Gasteiger partial charge >= 0.3 is 0 Å². The lowest BCUT2D eigenvalue weighted by molar-refractivity contribution is 0.244. The van der Waals surface area contributed by atoms with Crippen molar-refractivity contribution in [2.45, 2.75) is 64.5 Å². The highest BCUT2D eigenvalue weighted by molar-refractivity contribution is 5.06. The summed E-state index contributed by atoms with van der Waals surface area (Å²) in [5.74, 6) is 0.379. The SMILES string of the molecule is CCCCCCC(C)N[C@@H]1C=C[C@H](CO)C1. The number of aliphatic hydroxyl groups excluding tert-OH is 1. The Labute approximate surface area is 100 Å². The number of rotatable bonds is 8. The van der Waals surface area contributed by atoms with Gasteiger partial charge in [0.2, 0.25) is 0 Å². The molecule has 0 saturated carbocycles. The van der Waals surface area contributed by atoms with Crippen LogP contribution in [0.2, 0.25) is 0 Å². The van der Waals surface area contributed by atoms with Crippen molar-refractivity contribution in [2.75, 3.05) is 6.61 Å². The number of aliphatic hydroxyl groups is 1. The third-order valence-electron chi connectivity index (χ3n) is 3.40. The van der Waals surface area contributed by atoms with Gasteiger partial charge in [0.1, 0.15) is 0 Å². The summed E-state index contributed by atoms with van der Waals surface area (Å²) in [6.45, 7) is 4.81. The third-order valence-corrected chi connectivity index (χ3v) is 3.40. The lowest BCUT2D eigenvalue weighted by Gasteiger charge is -2.19. The molecule has 16 heavy (non-hydrogen) atoms. The van der Waals surface area contributed by atoms with E-state index in [0.717, 1.165) is 6.42 Å². The second-order valence-corrected chi connectivity index (χ2v) is 5.09. The molecule has 0 aromatic heterocycles. The van der Waals surface area contributed by atoms with Crippen molar-refractivity contribution in [3.05, 3.63) is 12.2 Å². The predicted molar refractivity (Wildman–Crippen MR) is 69.5 cm³/mol. The molecule has 0 spiro atoms. The van der Waals surface area contributed by atoms with Crippen molar-refractivity contribution in [1.29, 1.82) is 0 Å². The Morgan fingerprint density at radius 1 is 1.31 bits per heavy atom. The number of nitrogens with one attached hydrogen (secondary N) is 1. The van der Waals surface area contributed by atoms with Gasteiger partial charge in [0.15, 0.2) is 0 Å². The zero-order chi connectivity index (χ0) is 11.8. The second-order valence-electron chi connectivity index (χ2n) is 5.09. The first-order chi connectivity index (χ1) is 7.76. The highest BCUT2D eigenvalue weighted by Gasteiger charge is 2.18. The van der Waals surface area contributed by atoms with Crippen LogP contribution in [-0.4, -0.2) is 23.8 Å². The first-order valence-electron chi connectivity index (χ1n) is 6.81. The molecule has 0 fully saturated rings. The Bertz CT molecular complexity index is 203. The molecule has 1 rings (SSSR count). The van der Waals surface area contributed by atoms with Crippen molar-refractivity contribution >= 4 is 0 Å². The van der Waals surface area contributed by atoms with Crippen LogP contribution in [0.3, 0.4) is 0 Å². The van der Waals surface area contributed by atoms with E-state index in [1.165, 1.54) is 32.1 Å². The van der Waals surface area contributed by atoms with Crippen LogP contribution in [-0.2, 0) is 0 Å². The van der Waals surface area contributed by atoms with Crippen molar-refractivity contribution in [3.8, 4) is 0 Å². The van der Waals surface area contributed by atoms with Crippen LogP contribution in [0, 0.1) is 5.92 Å². The minimum absolute atomic E-state index is 0.291. The smallest absolute Gasteiger partial charge is 0.0494 e. The Morgan fingerprint density at radius 2 is 2.12 bits per heavy atom. The molecule has 0 aliphatic heterocycles. The summed E-state index contributed by atoms with van der Waals surface area (Å²) in [5.41, 5.74) is 0. The molecule has 2 N–H and O–H groups in total. The van der Waals surface area contributed by atoms with Gasteiger partial charge in [-0.1, -0.05) is 44.8 Å². The molecule has 0 amide bonds. The molecule has 0 radical (unpaired) electrons. The van der Waals surface area contributed by atoms with E-state index >= 15 is 0 Å². The second kappa shape index (κ2) is 7.86. The first-order valence-corrected chi connectivity index (χ1v) is 6.81. The fourth-order valence-corrected chi connectivity index (χ4v) is 2.36. The molecule has 2 nitrogen and oxygen atoms in total. The summed E-state index contributed by atoms with van der Waals surface area (Å²) in [6, 6.07) is 1.09. The summed E-state index contributed by atoms with van der Waals surface area (Å²) in [6.07, 6.45) is 12.1. The van der Waals surface area contributed by atoms with E-state index in [-0.39, 0.29) is 0 Å². The van der Waals surface area contributed by atoms with E-state index in [0.29, 0.717) is 24.6 Å². The standard InChI is InChI=1S/C14H27NO/c1-3-4-5-6-7-12(2)15-14-9-8-13(10-14)11-16/h8-9,12-16H,3-7,10-11H2,1-2H3/t12?,13-,14+/m0/s1. The maximum Gasteiger partial charge on any atom is 0.0494 e. The summed E-state index contributed by atoms with van der Waals surface area (Å²) in [5, 5.41) is 12.7. The minimum Gasteiger partial charge on any atom is -0.396 e. The Morgan fingerprint density at radius 3 is 2.75 bits per heavy atom. The highest BCUT2D eigenvalue weighted by atomic mass is 16.3. The maximum absolute atomic E-state index is 9.04. The molecule has 0 aromatic rings. The Hall–Kier alpha value is -0.340. The van der Waals surface area contributed by atoms with Crippen molar-refractivity contribution < 1.29 is 5.11 Å². The van der Waals surface area contributed by atoms with Gasteiger partial charge in [0.25, 0.3) is 0 Å². The van der Waals surface area contributed by atoms with E-state index in [1.54, 1.807) is 0 Å². The van der Waals surface area contributed by atoms with Gasteiger partial charge in [-0.2, -0.15) is 0 Å². The van der Waals surface area contributed by atoms with Gasteiger partial charge in [-0.25, -0.2) is 0 Å². The Balaban J connectivity index is 2.06. The molecule has 1 aliphatic carbocycles. The zero-order valence-electron chi connectivity index (χ0n) is 10.8. The average Bonchev–Trinajstić information content (AvgIpc) is 2.72. The van der Waals surface area contributed by atoms with Crippen molar-refractivity contribution in [2.24, 2.45) is 5.92 Å². The van der Waals surface area contributed by atoms with Gasteiger partial charge in [0, 0.05) is 24.6 Å². The molecule has 94 valence electrons. The fraction of sp³-hybridized carbons (Fsp3) is 0.857. The van der Waals surface area contributed by atoms with Crippen LogP contribution in [0.4, 0.5) is 0 Å². The number of hydrogen-bond donors (Lipinski definition) is 2. The zero-order valence-corrected chi connectivity index (χ0v) is 10.8. The lowest BCUT2D eigenvalue weighted by atomic mass is 10.1. The lowest BCUT2D eigenvalue weighted by Crippen LogP contribution is -2.34. The molecule has 0 bridgehead atoms. The first kappa shape index (κ1) is 13.7. The molecule has 0 saturated heterocycles.